The molecular formula is C19H22FN3O6. The SMILES string of the molecule is COCOC1(C(=O)Nc2ccnc3c(F)cc(OC)cc23)CCN(C(=O)O)CC1. The number of ether oxygens (including phenoxy) is 3. The summed E-state index contributed by atoms with van der Waals surface area (Å²) in [6, 6.07) is 4.35. The summed E-state index contributed by atoms with van der Waals surface area (Å²) >= 11 is 0. The number of fused-ring (bicyclic) bond motifs is 1. The van der Waals surface area contributed by atoms with Gasteiger partial charge in [0.25, 0.3) is 5.91 Å². The fraction of sp³-hybridized carbons (Fsp3) is 0.421. The van der Waals surface area contributed by atoms with E-state index in [1.54, 1.807) is 12.1 Å². The number of nitrogens with one attached hydrogen (secondary N) is 1. The molecule has 0 saturated carbocycles. The number of likely N-dealkylation sites (tertiary alicyclic amines) is 1. The monoisotopic (exact) mass is 407 g/mol. The van der Waals surface area contributed by atoms with E-state index < -0.39 is 23.4 Å². The van der Waals surface area contributed by atoms with Crippen LogP contribution < -0.4 is 10.1 Å². The standard InChI is InChI=1S/C19H22FN3O6/c1-27-11-29-19(4-7-23(8-5-19)18(25)26)17(24)22-15-3-6-21-16-13(15)9-12(28-2)10-14(16)20/h3,6,9-10H,4-5,7-8,11H2,1-2H3,(H,25,26)(H,21,22,24). The van der Waals surface area contributed by atoms with Gasteiger partial charge in [0.2, 0.25) is 0 Å². The zero-order valence-electron chi connectivity index (χ0n) is 16.1. The molecule has 2 amide bonds. The molecule has 156 valence electrons. The number of piperidine rings is 1. The highest BCUT2D eigenvalue weighted by molar-refractivity contribution is 6.04. The fourth-order valence-corrected chi connectivity index (χ4v) is 3.32. The van der Waals surface area contributed by atoms with Gasteiger partial charge in [0.1, 0.15) is 18.1 Å². The predicted octanol–water partition coefficient (Wildman–Crippen LogP) is 2.45. The van der Waals surface area contributed by atoms with Crippen LogP contribution in [0.4, 0.5) is 14.9 Å². The normalized spacial score (nSPS) is 15.9. The molecule has 9 nitrogen and oxygen atoms in total. The Hall–Kier alpha value is -2.98. The first-order valence-electron chi connectivity index (χ1n) is 8.94. The Morgan fingerprint density at radius 1 is 1.31 bits per heavy atom. The molecule has 1 saturated heterocycles. The number of carbonyl (C=O) groups excluding carboxylic acids is 1. The zero-order chi connectivity index (χ0) is 21.0. The molecule has 3 rings (SSSR count). The van der Waals surface area contributed by atoms with Crippen LogP contribution >= 0.6 is 0 Å². The maximum Gasteiger partial charge on any atom is 0.407 e. The molecule has 1 aromatic carbocycles. The summed E-state index contributed by atoms with van der Waals surface area (Å²) in [5.74, 6) is -0.746. The Morgan fingerprint density at radius 2 is 2.03 bits per heavy atom. The lowest BCUT2D eigenvalue weighted by Crippen LogP contribution is -2.54. The van der Waals surface area contributed by atoms with Crippen LogP contribution in [-0.2, 0) is 14.3 Å². The van der Waals surface area contributed by atoms with Gasteiger partial charge >= 0.3 is 6.09 Å². The number of hydrogen-bond acceptors (Lipinski definition) is 6. The van der Waals surface area contributed by atoms with Crippen LogP contribution in [0.5, 0.6) is 5.75 Å². The Labute approximate surface area is 166 Å². The first-order chi connectivity index (χ1) is 13.9. The molecule has 0 bridgehead atoms. The topological polar surface area (TPSA) is 110 Å². The van der Waals surface area contributed by atoms with Crippen molar-refractivity contribution in [2.45, 2.75) is 18.4 Å². The summed E-state index contributed by atoms with van der Waals surface area (Å²) < 4.78 is 30.1. The third-order valence-corrected chi connectivity index (χ3v) is 4.96. The van der Waals surface area contributed by atoms with E-state index >= 15 is 0 Å². The third kappa shape index (κ3) is 4.22. The van der Waals surface area contributed by atoms with Gasteiger partial charge in [0.15, 0.2) is 11.4 Å². The van der Waals surface area contributed by atoms with E-state index in [9.17, 15) is 14.0 Å². The van der Waals surface area contributed by atoms with Crippen LogP contribution in [0.15, 0.2) is 24.4 Å². The molecule has 0 unspecified atom stereocenters. The van der Waals surface area contributed by atoms with Crippen molar-refractivity contribution >= 4 is 28.6 Å². The summed E-state index contributed by atoms with van der Waals surface area (Å²) in [4.78, 5) is 29.6. The molecule has 1 fully saturated rings. The van der Waals surface area contributed by atoms with Crippen molar-refractivity contribution in [2.24, 2.45) is 0 Å². The average Bonchev–Trinajstić information content (AvgIpc) is 2.72. The number of carbonyl (C=O) groups is 2. The van der Waals surface area contributed by atoms with Gasteiger partial charge in [0.05, 0.1) is 12.8 Å². The van der Waals surface area contributed by atoms with Crippen molar-refractivity contribution in [2.75, 3.05) is 39.4 Å². The molecule has 1 aliphatic rings. The fourth-order valence-electron chi connectivity index (χ4n) is 3.32. The number of nitrogens with zero attached hydrogens (tertiary/aromatic N) is 2. The van der Waals surface area contributed by atoms with E-state index in [1.165, 1.54) is 31.4 Å². The molecule has 1 aromatic heterocycles. The minimum absolute atomic E-state index is 0.0937. The summed E-state index contributed by atoms with van der Waals surface area (Å²) in [7, 11) is 2.85. The number of pyridine rings is 1. The molecule has 2 heterocycles. The van der Waals surface area contributed by atoms with Crippen molar-refractivity contribution in [3.63, 3.8) is 0 Å². The van der Waals surface area contributed by atoms with Crippen molar-refractivity contribution < 1.29 is 33.3 Å². The van der Waals surface area contributed by atoms with Gasteiger partial charge in [-0.2, -0.15) is 0 Å². The number of halogens is 1. The molecule has 0 spiro atoms. The Kier molecular flexibility index (Phi) is 6.14. The summed E-state index contributed by atoms with van der Waals surface area (Å²) in [5, 5.41) is 12.3. The Bertz CT molecular complexity index is 914. The Balaban J connectivity index is 1.90. The van der Waals surface area contributed by atoms with Crippen LogP contribution in [0.2, 0.25) is 0 Å². The summed E-state index contributed by atoms with van der Waals surface area (Å²) in [6.07, 6.45) is 0.668. The van der Waals surface area contributed by atoms with E-state index in [4.69, 9.17) is 19.3 Å². The highest BCUT2D eigenvalue weighted by atomic mass is 19.1. The van der Waals surface area contributed by atoms with E-state index in [1.807, 2.05) is 0 Å². The number of carboxylic acid groups (broad SMARTS) is 1. The predicted molar refractivity (Wildman–Crippen MR) is 101 cm³/mol. The van der Waals surface area contributed by atoms with Gasteiger partial charge in [-0.3, -0.25) is 9.78 Å². The van der Waals surface area contributed by atoms with Crippen molar-refractivity contribution in [3.8, 4) is 5.75 Å². The number of hydrogen-bond donors (Lipinski definition) is 2. The number of rotatable bonds is 6. The molecule has 0 aliphatic carbocycles. The van der Waals surface area contributed by atoms with Crippen LogP contribution in [-0.4, -0.2) is 66.7 Å². The highest BCUT2D eigenvalue weighted by Gasteiger charge is 2.44. The van der Waals surface area contributed by atoms with Crippen LogP contribution in [0, 0.1) is 5.82 Å². The maximum atomic E-state index is 14.3. The van der Waals surface area contributed by atoms with Crippen molar-refractivity contribution in [3.05, 3.63) is 30.2 Å². The first kappa shape index (κ1) is 20.7. The van der Waals surface area contributed by atoms with Gasteiger partial charge in [-0.1, -0.05) is 0 Å². The second kappa shape index (κ2) is 8.58. The highest BCUT2D eigenvalue weighted by Crippen LogP contribution is 2.32. The zero-order valence-corrected chi connectivity index (χ0v) is 16.1. The van der Waals surface area contributed by atoms with Gasteiger partial charge in [-0.15, -0.1) is 0 Å². The average molecular weight is 407 g/mol. The number of amides is 2. The van der Waals surface area contributed by atoms with Crippen molar-refractivity contribution in [1.82, 2.24) is 9.88 Å². The minimum atomic E-state index is -1.27. The van der Waals surface area contributed by atoms with Crippen LogP contribution in [0.1, 0.15) is 12.8 Å². The van der Waals surface area contributed by atoms with Gasteiger partial charge in [-0.05, 0) is 12.1 Å². The van der Waals surface area contributed by atoms with E-state index in [0.717, 1.165) is 0 Å². The van der Waals surface area contributed by atoms with Gasteiger partial charge in [-0.25, -0.2) is 9.18 Å². The summed E-state index contributed by atoms with van der Waals surface area (Å²) in [6.45, 7) is 0.165. The van der Waals surface area contributed by atoms with Gasteiger partial charge < -0.3 is 29.5 Å². The minimum Gasteiger partial charge on any atom is -0.497 e. The first-order valence-corrected chi connectivity index (χ1v) is 8.94. The molecule has 0 atom stereocenters. The van der Waals surface area contributed by atoms with E-state index in [0.29, 0.717) is 16.8 Å². The third-order valence-electron chi connectivity index (χ3n) is 4.96. The quantitative estimate of drug-likeness (QED) is 0.708. The number of methoxy groups -OCH3 is 2. The van der Waals surface area contributed by atoms with E-state index in [-0.39, 0.29) is 38.2 Å². The van der Waals surface area contributed by atoms with Crippen LogP contribution in [0.3, 0.4) is 0 Å². The number of aromatic nitrogens is 1. The second-order valence-electron chi connectivity index (χ2n) is 6.63. The molecule has 1 aliphatic heterocycles. The Morgan fingerprint density at radius 3 is 2.66 bits per heavy atom. The smallest absolute Gasteiger partial charge is 0.407 e. The molecule has 0 radical (unpaired) electrons. The van der Waals surface area contributed by atoms with E-state index in [2.05, 4.69) is 10.3 Å². The molecule has 2 aromatic rings. The van der Waals surface area contributed by atoms with Crippen molar-refractivity contribution in [1.29, 1.82) is 0 Å². The second-order valence-corrected chi connectivity index (χ2v) is 6.63. The molecular weight excluding hydrogens is 385 g/mol. The lowest BCUT2D eigenvalue weighted by molar-refractivity contribution is -0.169. The molecule has 10 heteroatoms. The lowest BCUT2D eigenvalue weighted by Gasteiger charge is -2.39. The van der Waals surface area contributed by atoms with Crippen LogP contribution in [0.25, 0.3) is 10.9 Å². The lowest BCUT2D eigenvalue weighted by atomic mass is 9.90. The molecule has 2 N–H and O–H groups in total. The number of anilines is 1. The number of benzene rings is 1. The molecule has 29 heavy (non-hydrogen) atoms. The largest absolute Gasteiger partial charge is 0.497 e. The summed E-state index contributed by atoms with van der Waals surface area (Å²) in [5.41, 5.74) is -0.829. The maximum absolute atomic E-state index is 14.3. The van der Waals surface area contributed by atoms with Gasteiger partial charge in [0, 0.05) is 50.7 Å².